The van der Waals surface area contributed by atoms with Gasteiger partial charge in [0.25, 0.3) is 0 Å². The first-order chi connectivity index (χ1) is 18.3. The number of carboxylic acid groups (broad SMARTS) is 1. The summed E-state index contributed by atoms with van der Waals surface area (Å²) in [7, 11) is 1.83. The molecule has 1 aromatic carbocycles. The van der Waals surface area contributed by atoms with Crippen LogP contribution in [0, 0.1) is 17.3 Å². The van der Waals surface area contributed by atoms with Crippen molar-refractivity contribution in [3.05, 3.63) is 40.4 Å². The first-order valence-electron chi connectivity index (χ1n) is 13.4. The van der Waals surface area contributed by atoms with Crippen LogP contribution in [-0.2, 0) is 34.5 Å². The van der Waals surface area contributed by atoms with Crippen molar-refractivity contribution in [1.82, 2.24) is 24.6 Å². The molecule has 1 saturated heterocycles. The number of nitrogens with zero attached hydrogens (tertiary/aromatic N) is 5. The lowest BCUT2D eigenvalue weighted by atomic mass is 9.78. The summed E-state index contributed by atoms with van der Waals surface area (Å²) in [5.41, 5.74) is 1.56. The van der Waals surface area contributed by atoms with E-state index in [0.29, 0.717) is 60.9 Å². The Morgan fingerprint density at radius 2 is 1.97 bits per heavy atom. The van der Waals surface area contributed by atoms with E-state index in [4.69, 9.17) is 16.3 Å². The van der Waals surface area contributed by atoms with Crippen LogP contribution in [0.25, 0.3) is 0 Å². The van der Waals surface area contributed by atoms with Crippen LogP contribution in [0.1, 0.15) is 68.1 Å². The van der Waals surface area contributed by atoms with Gasteiger partial charge in [0.05, 0.1) is 11.8 Å². The number of carbonyl (C=O) groups is 3. The van der Waals surface area contributed by atoms with E-state index < -0.39 is 24.0 Å². The first-order valence-corrected chi connectivity index (χ1v) is 13.8. The molecule has 3 unspecified atom stereocenters. The van der Waals surface area contributed by atoms with Gasteiger partial charge in [-0.3, -0.25) is 14.4 Å². The van der Waals surface area contributed by atoms with Crippen LogP contribution in [-0.4, -0.2) is 60.5 Å². The van der Waals surface area contributed by atoms with E-state index in [9.17, 15) is 19.5 Å². The van der Waals surface area contributed by atoms with Crippen LogP contribution >= 0.6 is 11.6 Å². The van der Waals surface area contributed by atoms with E-state index in [1.165, 1.54) is 0 Å². The molecule has 2 aliphatic heterocycles. The number of fused-ring (bicyclic) bond motifs is 1. The van der Waals surface area contributed by atoms with Crippen LogP contribution in [0.15, 0.2) is 18.5 Å². The summed E-state index contributed by atoms with van der Waals surface area (Å²) < 4.78 is 8.03. The summed E-state index contributed by atoms with van der Waals surface area (Å²) in [6.45, 7) is 1.09. The standard InChI is InChI=1S/C27H32ClN5O5/c1-31-15-29-30-21(31)13-38-20-7-6-19(28)18-8-11-32(25(35)16-4-2-3-5-17(16)26(36)37)24(23(18)20)33-14-27(9-10-27)12-22(33)34/h6-7,15-17,24H,2-5,8-14H2,1H3,(H,36,37). The van der Waals surface area contributed by atoms with Crippen LogP contribution in [0.2, 0.25) is 5.02 Å². The summed E-state index contributed by atoms with van der Waals surface area (Å²) in [6.07, 6.45) is 6.51. The van der Waals surface area contributed by atoms with Crippen molar-refractivity contribution in [2.75, 3.05) is 13.1 Å². The number of aliphatic carboxylic acids is 1. The Hall–Kier alpha value is -3.14. The zero-order chi connectivity index (χ0) is 26.6. The fourth-order valence-corrected chi connectivity index (χ4v) is 6.78. The maximum atomic E-state index is 14.1. The summed E-state index contributed by atoms with van der Waals surface area (Å²) in [5.74, 6) is -1.27. The van der Waals surface area contributed by atoms with Crippen molar-refractivity contribution in [2.45, 2.75) is 64.1 Å². The molecule has 6 rings (SSSR count). The number of hydrogen-bond acceptors (Lipinski definition) is 6. The van der Waals surface area contributed by atoms with Crippen LogP contribution in [0.5, 0.6) is 5.75 Å². The number of aryl methyl sites for hydroxylation is 1. The van der Waals surface area contributed by atoms with Crippen molar-refractivity contribution in [3.8, 4) is 5.75 Å². The normalized spacial score (nSPS) is 25.9. The quantitative estimate of drug-likeness (QED) is 0.596. The highest BCUT2D eigenvalue weighted by molar-refractivity contribution is 6.31. The molecule has 38 heavy (non-hydrogen) atoms. The smallest absolute Gasteiger partial charge is 0.307 e. The molecule has 2 saturated carbocycles. The Bertz CT molecular complexity index is 1290. The third-order valence-electron chi connectivity index (χ3n) is 8.87. The highest BCUT2D eigenvalue weighted by Crippen LogP contribution is 2.56. The van der Waals surface area contributed by atoms with Crippen molar-refractivity contribution in [1.29, 1.82) is 0 Å². The van der Waals surface area contributed by atoms with Gasteiger partial charge in [-0.15, -0.1) is 10.2 Å². The zero-order valence-electron chi connectivity index (χ0n) is 21.4. The molecule has 1 N–H and O–H groups in total. The van der Waals surface area contributed by atoms with E-state index >= 15 is 0 Å². The van der Waals surface area contributed by atoms with E-state index in [1.807, 2.05) is 11.9 Å². The molecule has 1 spiro atoms. The molecule has 3 heterocycles. The molecule has 0 bridgehead atoms. The third kappa shape index (κ3) is 4.32. The molecule has 10 nitrogen and oxygen atoms in total. The minimum atomic E-state index is -0.929. The number of amides is 2. The summed E-state index contributed by atoms with van der Waals surface area (Å²) >= 11 is 6.69. The van der Waals surface area contributed by atoms with Crippen molar-refractivity contribution < 1.29 is 24.2 Å². The molecule has 202 valence electrons. The van der Waals surface area contributed by atoms with Gasteiger partial charge in [-0.25, -0.2) is 0 Å². The lowest BCUT2D eigenvalue weighted by molar-refractivity contribution is -0.157. The zero-order valence-corrected chi connectivity index (χ0v) is 22.2. The second-order valence-electron chi connectivity index (χ2n) is 11.3. The summed E-state index contributed by atoms with van der Waals surface area (Å²) in [6, 6.07) is 3.57. The number of halogens is 1. The number of benzene rings is 1. The molecule has 1 aromatic heterocycles. The highest BCUT2D eigenvalue weighted by atomic mass is 35.5. The molecule has 4 aliphatic rings. The maximum Gasteiger partial charge on any atom is 0.307 e. The van der Waals surface area contributed by atoms with Gasteiger partial charge in [0.2, 0.25) is 11.8 Å². The monoisotopic (exact) mass is 541 g/mol. The van der Waals surface area contributed by atoms with Gasteiger partial charge in [-0.05, 0) is 55.2 Å². The molecular weight excluding hydrogens is 510 g/mol. The largest absolute Gasteiger partial charge is 0.485 e. The number of likely N-dealkylation sites (tertiary alicyclic amines) is 1. The molecule has 0 radical (unpaired) electrons. The molecular formula is C27H32ClN5O5. The fourth-order valence-electron chi connectivity index (χ4n) is 6.52. The third-order valence-corrected chi connectivity index (χ3v) is 9.22. The molecule has 11 heteroatoms. The van der Waals surface area contributed by atoms with Gasteiger partial charge in [-0.2, -0.15) is 0 Å². The van der Waals surface area contributed by atoms with Gasteiger partial charge < -0.3 is 24.2 Å². The maximum absolute atomic E-state index is 14.1. The van der Waals surface area contributed by atoms with Gasteiger partial charge in [0.15, 0.2) is 5.82 Å². The van der Waals surface area contributed by atoms with Gasteiger partial charge >= 0.3 is 5.97 Å². The minimum absolute atomic E-state index is 0.0100. The van der Waals surface area contributed by atoms with Gasteiger partial charge in [-0.1, -0.05) is 24.4 Å². The van der Waals surface area contributed by atoms with Crippen LogP contribution in [0.4, 0.5) is 0 Å². The topological polar surface area (TPSA) is 118 Å². The fraction of sp³-hybridized carbons (Fsp3) is 0.593. The van der Waals surface area contributed by atoms with Crippen molar-refractivity contribution in [2.24, 2.45) is 24.3 Å². The van der Waals surface area contributed by atoms with Gasteiger partial charge in [0.1, 0.15) is 24.8 Å². The molecule has 3 fully saturated rings. The Balaban J connectivity index is 1.41. The lowest BCUT2D eigenvalue weighted by Crippen LogP contribution is -2.52. The number of carboxylic acids is 1. The second kappa shape index (κ2) is 9.55. The number of hydrogen-bond donors (Lipinski definition) is 1. The SMILES string of the molecule is Cn1cnnc1COc1ccc(Cl)c2c1C(N1CC3(CC3)CC1=O)N(C(=O)C1CCCCC1C(=O)O)CC2. The molecule has 2 amide bonds. The Morgan fingerprint density at radius 1 is 1.21 bits per heavy atom. The average Bonchev–Trinajstić information content (AvgIpc) is 3.41. The van der Waals surface area contributed by atoms with Crippen LogP contribution < -0.4 is 4.74 Å². The summed E-state index contributed by atoms with van der Waals surface area (Å²) in [5, 5.41) is 18.5. The average molecular weight is 542 g/mol. The predicted molar refractivity (Wildman–Crippen MR) is 136 cm³/mol. The predicted octanol–water partition coefficient (Wildman–Crippen LogP) is 3.33. The number of carbonyl (C=O) groups excluding carboxylic acids is 2. The lowest BCUT2D eigenvalue weighted by Gasteiger charge is -2.45. The molecule has 2 aromatic rings. The van der Waals surface area contributed by atoms with Crippen molar-refractivity contribution in [3.63, 3.8) is 0 Å². The molecule has 2 aliphatic carbocycles. The number of rotatable bonds is 6. The minimum Gasteiger partial charge on any atom is -0.485 e. The Morgan fingerprint density at radius 3 is 2.63 bits per heavy atom. The van der Waals surface area contributed by atoms with E-state index in [0.717, 1.165) is 31.2 Å². The number of ether oxygens (including phenoxy) is 1. The van der Waals surface area contributed by atoms with E-state index in [-0.39, 0.29) is 23.8 Å². The highest BCUT2D eigenvalue weighted by Gasteiger charge is 2.55. The number of aromatic nitrogens is 3. The van der Waals surface area contributed by atoms with Gasteiger partial charge in [0, 0.05) is 37.1 Å². The Labute approximate surface area is 225 Å². The van der Waals surface area contributed by atoms with E-state index in [2.05, 4.69) is 10.2 Å². The van der Waals surface area contributed by atoms with Crippen molar-refractivity contribution >= 4 is 29.4 Å². The summed E-state index contributed by atoms with van der Waals surface area (Å²) in [4.78, 5) is 43.2. The molecule has 3 atom stereocenters. The van der Waals surface area contributed by atoms with Crippen LogP contribution in [0.3, 0.4) is 0 Å². The van der Waals surface area contributed by atoms with E-state index in [1.54, 1.807) is 27.9 Å². The first kappa shape index (κ1) is 25.2. The second-order valence-corrected chi connectivity index (χ2v) is 11.7. The Kier molecular flexibility index (Phi) is 6.32.